The summed E-state index contributed by atoms with van der Waals surface area (Å²) >= 11 is 0. The number of hydrogen-bond donors (Lipinski definition) is 2. The fourth-order valence-corrected chi connectivity index (χ4v) is 2.42. The highest BCUT2D eigenvalue weighted by Gasteiger charge is 2.23. The lowest BCUT2D eigenvalue weighted by molar-refractivity contribution is 0.0983. The molecule has 0 bridgehead atoms. The van der Waals surface area contributed by atoms with Gasteiger partial charge in [-0.3, -0.25) is 0 Å². The minimum atomic E-state index is -0.249. The van der Waals surface area contributed by atoms with Gasteiger partial charge in [-0.25, -0.2) is 4.79 Å². The molecule has 3 N–H and O–H groups in total. The van der Waals surface area contributed by atoms with E-state index in [0.29, 0.717) is 30.9 Å². The number of nitrogens with zero attached hydrogens (tertiary/aromatic N) is 2. The molecular formula is C15H20N4O2. The van der Waals surface area contributed by atoms with Crippen LogP contribution in [0.15, 0.2) is 18.2 Å². The van der Waals surface area contributed by atoms with Crippen LogP contribution in [-0.2, 0) is 4.74 Å². The van der Waals surface area contributed by atoms with E-state index in [2.05, 4.69) is 11.4 Å². The quantitative estimate of drug-likeness (QED) is 0.832. The number of carbonyl (C=O) groups is 1. The fraction of sp³-hybridized carbons (Fsp3) is 0.467. The number of likely N-dealkylation sites (tertiary alicyclic amines) is 1. The van der Waals surface area contributed by atoms with E-state index in [1.807, 2.05) is 6.07 Å². The van der Waals surface area contributed by atoms with Gasteiger partial charge in [-0.1, -0.05) is 0 Å². The Balaban J connectivity index is 1.92. The summed E-state index contributed by atoms with van der Waals surface area (Å²) < 4.78 is 4.99. The zero-order valence-corrected chi connectivity index (χ0v) is 12.1. The average molecular weight is 288 g/mol. The van der Waals surface area contributed by atoms with E-state index < -0.39 is 0 Å². The zero-order chi connectivity index (χ0) is 15.2. The molecular weight excluding hydrogens is 268 g/mol. The van der Waals surface area contributed by atoms with Gasteiger partial charge in [0.1, 0.15) is 6.07 Å². The number of ether oxygens (including phenoxy) is 1. The van der Waals surface area contributed by atoms with Crippen LogP contribution in [-0.4, -0.2) is 36.7 Å². The van der Waals surface area contributed by atoms with E-state index in [-0.39, 0.29) is 12.1 Å². The molecule has 0 saturated carbocycles. The first kappa shape index (κ1) is 15.0. The molecule has 1 aromatic carbocycles. The van der Waals surface area contributed by atoms with Crippen LogP contribution in [0.25, 0.3) is 0 Å². The van der Waals surface area contributed by atoms with Crippen molar-refractivity contribution < 1.29 is 9.53 Å². The molecule has 1 heterocycles. The number of carbonyl (C=O) groups excluding carboxylic acids is 1. The van der Waals surface area contributed by atoms with Crippen molar-refractivity contribution in [3.8, 4) is 6.07 Å². The summed E-state index contributed by atoms with van der Waals surface area (Å²) in [5.41, 5.74) is 7.59. The van der Waals surface area contributed by atoms with Crippen LogP contribution in [0.4, 0.5) is 16.2 Å². The first-order chi connectivity index (χ1) is 10.1. The van der Waals surface area contributed by atoms with Gasteiger partial charge in [-0.05, 0) is 38.0 Å². The van der Waals surface area contributed by atoms with E-state index >= 15 is 0 Å². The van der Waals surface area contributed by atoms with Crippen LogP contribution in [0.3, 0.4) is 0 Å². The van der Waals surface area contributed by atoms with E-state index in [0.717, 1.165) is 18.5 Å². The van der Waals surface area contributed by atoms with Crippen LogP contribution < -0.4 is 11.1 Å². The Morgan fingerprint density at radius 1 is 1.52 bits per heavy atom. The summed E-state index contributed by atoms with van der Waals surface area (Å²) in [6.45, 7) is 3.52. The Morgan fingerprint density at radius 3 is 2.86 bits per heavy atom. The van der Waals surface area contributed by atoms with Crippen molar-refractivity contribution in [2.45, 2.75) is 25.8 Å². The maximum absolute atomic E-state index is 11.6. The van der Waals surface area contributed by atoms with E-state index in [1.165, 1.54) is 0 Å². The second-order valence-corrected chi connectivity index (χ2v) is 5.02. The molecule has 6 heteroatoms. The minimum absolute atomic E-state index is 0.242. The van der Waals surface area contributed by atoms with Crippen molar-refractivity contribution in [1.29, 1.82) is 5.26 Å². The van der Waals surface area contributed by atoms with Gasteiger partial charge in [0.05, 0.1) is 17.9 Å². The number of nitrogens with one attached hydrogen (secondary N) is 1. The Kier molecular flexibility index (Phi) is 4.88. The lowest BCUT2D eigenvalue weighted by Crippen LogP contribution is -2.42. The second-order valence-electron chi connectivity index (χ2n) is 5.02. The molecule has 1 aromatic rings. The number of nitrogens with two attached hydrogens (primary N) is 1. The van der Waals surface area contributed by atoms with Crippen LogP contribution in [0, 0.1) is 11.3 Å². The van der Waals surface area contributed by atoms with Crippen LogP contribution in [0.5, 0.6) is 0 Å². The molecule has 1 amide bonds. The molecule has 1 aliphatic rings. The summed E-state index contributed by atoms with van der Waals surface area (Å²) in [6.07, 6.45) is 1.41. The zero-order valence-electron chi connectivity index (χ0n) is 12.1. The molecule has 2 rings (SSSR count). The maximum atomic E-state index is 11.6. The molecule has 0 aliphatic carbocycles. The van der Waals surface area contributed by atoms with Gasteiger partial charge >= 0.3 is 6.09 Å². The molecule has 1 aliphatic heterocycles. The molecule has 0 atom stereocenters. The van der Waals surface area contributed by atoms with Gasteiger partial charge in [0.25, 0.3) is 0 Å². The number of nitrogen functional groups attached to an aromatic ring is 1. The Bertz CT molecular complexity index is 545. The number of anilines is 2. The third kappa shape index (κ3) is 3.78. The Hall–Kier alpha value is -2.42. The van der Waals surface area contributed by atoms with Crippen LogP contribution in [0.2, 0.25) is 0 Å². The van der Waals surface area contributed by atoms with Crippen LogP contribution in [0.1, 0.15) is 25.3 Å². The second kappa shape index (κ2) is 6.84. The summed E-state index contributed by atoms with van der Waals surface area (Å²) in [7, 11) is 0. The molecule has 1 saturated heterocycles. The number of nitriles is 1. The molecule has 6 nitrogen and oxygen atoms in total. The minimum Gasteiger partial charge on any atom is -0.450 e. The van der Waals surface area contributed by atoms with Crippen molar-refractivity contribution in [3.05, 3.63) is 23.8 Å². The van der Waals surface area contributed by atoms with Crippen molar-refractivity contribution in [3.63, 3.8) is 0 Å². The molecule has 21 heavy (non-hydrogen) atoms. The number of rotatable bonds is 3. The number of benzene rings is 1. The van der Waals surface area contributed by atoms with Crippen molar-refractivity contribution >= 4 is 17.5 Å². The van der Waals surface area contributed by atoms with E-state index in [9.17, 15) is 4.79 Å². The predicted molar refractivity (Wildman–Crippen MR) is 80.8 cm³/mol. The SMILES string of the molecule is CCOC(=O)N1CCC(Nc2ccc(N)cc2C#N)CC1. The molecule has 0 spiro atoms. The van der Waals surface area contributed by atoms with Gasteiger partial charge in [-0.15, -0.1) is 0 Å². The summed E-state index contributed by atoms with van der Waals surface area (Å²) in [5.74, 6) is 0. The summed E-state index contributed by atoms with van der Waals surface area (Å²) in [6, 6.07) is 7.65. The van der Waals surface area contributed by atoms with Crippen molar-refractivity contribution in [2.24, 2.45) is 0 Å². The average Bonchev–Trinajstić information content (AvgIpc) is 2.50. The number of amides is 1. The highest BCUT2D eigenvalue weighted by atomic mass is 16.6. The lowest BCUT2D eigenvalue weighted by atomic mass is 10.0. The molecule has 0 unspecified atom stereocenters. The first-order valence-electron chi connectivity index (χ1n) is 7.12. The number of hydrogen-bond acceptors (Lipinski definition) is 5. The molecule has 1 fully saturated rings. The highest BCUT2D eigenvalue weighted by molar-refractivity contribution is 5.68. The summed E-state index contributed by atoms with van der Waals surface area (Å²) in [5, 5.41) is 12.5. The summed E-state index contributed by atoms with van der Waals surface area (Å²) in [4.78, 5) is 13.3. The lowest BCUT2D eigenvalue weighted by Gasteiger charge is -2.32. The monoisotopic (exact) mass is 288 g/mol. The molecule has 112 valence electrons. The third-order valence-electron chi connectivity index (χ3n) is 3.54. The van der Waals surface area contributed by atoms with E-state index in [1.54, 1.807) is 24.0 Å². The van der Waals surface area contributed by atoms with Gasteiger partial charge in [0.15, 0.2) is 0 Å². The van der Waals surface area contributed by atoms with Gasteiger partial charge in [0.2, 0.25) is 0 Å². The normalized spacial score (nSPS) is 15.3. The Morgan fingerprint density at radius 2 is 2.24 bits per heavy atom. The predicted octanol–water partition coefficient (Wildman–Crippen LogP) is 2.17. The van der Waals surface area contributed by atoms with Crippen LogP contribution >= 0.6 is 0 Å². The molecule has 0 aromatic heterocycles. The van der Waals surface area contributed by atoms with Crippen molar-refractivity contribution in [2.75, 3.05) is 30.7 Å². The van der Waals surface area contributed by atoms with E-state index in [4.69, 9.17) is 15.7 Å². The van der Waals surface area contributed by atoms with Gasteiger partial charge in [-0.2, -0.15) is 5.26 Å². The van der Waals surface area contributed by atoms with Crippen molar-refractivity contribution in [1.82, 2.24) is 4.90 Å². The Labute approximate surface area is 124 Å². The standard InChI is InChI=1S/C15H20N4O2/c1-2-21-15(20)19-7-5-13(6-8-19)18-14-4-3-12(17)9-11(14)10-16/h3-4,9,13,18H,2,5-8,17H2,1H3. The highest BCUT2D eigenvalue weighted by Crippen LogP contribution is 2.22. The molecule has 0 radical (unpaired) electrons. The first-order valence-corrected chi connectivity index (χ1v) is 7.12. The maximum Gasteiger partial charge on any atom is 0.409 e. The topological polar surface area (TPSA) is 91.4 Å². The third-order valence-corrected chi connectivity index (χ3v) is 3.54. The smallest absolute Gasteiger partial charge is 0.409 e. The number of piperidine rings is 1. The van der Waals surface area contributed by atoms with Gasteiger partial charge in [0, 0.05) is 24.8 Å². The van der Waals surface area contributed by atoms with Gasteiger partial charge < -0.3 is 20.7 Å². The largest absolute Gasteiger partial charge is 0.450 e. The fourth-order valence-electron chi connectivity index (χ4n) is 2.42.